The van der Waals surface area contributed by atoms with Gasteiger partial charge in [-0.1, -0.05) is 6.92 Å². The predicted molar refractivity (Wildman–Crippen MR) is 93.8 cm³/mol. The SMILES string of the molecule is CC(=O)c1ccc(NC(=O)C(C)(C)C(=O)N2CCC(C)CC2)cc1. The number of rotatable bonds is 4. The van der Waals surface area contributed by atoms with E-state index in [0.717, 1.165) is 12.8 Å². The molecule has 24 heavy (non-hydrogen) atoms. The van der Waals surface area contributed by atoms with Crippen LogP contribution in [0.4, 0.5) is 5.69 Å². The molecular formula is C19H26N2O3. The average Bonchev–Trinajstić information content (AvgIpc) is 2.55. The summed E-state index contributed by atoms with van der Waals surface area (Å²) >= 11 is 0. The van der Waals surface area contributed by atoms with Crippen molar-refractivity contribution in [1.29, 1.82) is 0 Å². The highest BCUT2D eigenvalue weighted by atomic mass is 16.2. The zero-order valence-corrected chi connectivity index (χ0v) is 14.9. The molecular weight excluding hydrogens is 304 g/mol. The number of anilines is 1. The van der Waals surface area contributed by atoms with E-state index in [2.05, 4.69) is 12.2 Å². The van der Waals surface area contributed by atoms with Crippen molar-refractivity contribution in [3.63, 3.8) is 0 Å². The number of benzene rings is 1. The predicted octanol–water partition coefficient (Wildman–Crippen LogP) is 3.11. The Morgan fingerprint density at radius 3 is 2.12 bits per heavy atom. The van der Waals surface area contributed by atoms with Gasteiger partial charge in [-0.2, -0.15) is 0 Å². The number of amides is 2. The van der Waals surface area contributed by atoms with Crippen LogP contribution < -0.4 is 5.32 Å². The maximum absolute atomic E-state index is 12.7. The Balaban J connectivity index is 2.03. The molecule has 5 heteroatoms. The van der Waals surface area contributed by atoms with Gasteiger partial charge in [-0.25, -0.2) is 0 Å². The van der Waals surface area contributed by atoms with E-state index in [1.165, 1.54) is 6.92 Å². The summed E-state index contributed by atoms with van der Waals surface area (Å²) in [6.45, 7) is 8.42. The lowest BCUT2D eigenvalue weighted by atomic mass is 9.88. The third-order valence-electron chi connectivity index (χ3n) is 4.72. The molecule has 0 aliphatic carbocycles. The number of hydrogen-bond acceptors (Lipinski definition) is 3. The van der Waals surface area contributed by atoms with E-state index >= 15 is 0 Å². The van der Waals surface area contributed by atoms with Gasteiger partial charge in [0.1, 0.15) is 5.41 Å². The summed E-state index contributed by atoms with van der Waals surface area (Å²) in [6.07, 6.45) is 1.96. The minimum Gasteiger partial charge on any atom is -0.342 e. The first-order valence-electron chi connectivity index (χ1n) is 8.43. The number of nitrogens with zero attached hydrogens (tertiary/aromatic N) is 1. The second-order valence-electron chi connectivity index (χ2n) is 7.19. The van der Waals surface area contributed by atoms with Crippen LogP contribution in [0.15, 0.2) is 24.3 Å². The number of likely N-dealkylation sites (tertiary alicyclic amines) is 1. The van der Waals surface area contributed by atoms with Crippen LogP contribution in [-0.4, -0.2) is 35.6 Å². The normalized spacial score (nSPS) is 15.9. The maximum atomic E-state index is 12.7. The number of hydrogen-bond donors (Lipinski definition) is 1. The highest BCUT2D eigenvalue weighted by Gasteiger charge is 2.39. The summed E-state index contributed by atoms with van der Waals surface area (Å²) in [4.78, 5) is 38.4. The molecule has 1 aliphatic rings. The van der Waals surface area contributed by atoms with Crippen LogP contribution in [-0.2, 0) is 9.59 Å². The lowest BCUT2D eigenvalue weighted by molar-refractivity contribution is -0.147. The van der Waals surface area contributed by atoms with Crippen LogP contribution >= 0.6 is 0 Å². The Morgan fingerprint density at radius 2 is 1.62 bits per heavy atom. The van der Waals surface area contributed by atoms with Crippen molar-refractivity contribution in [2.75, 3.05) is 18.4 Å². The molecule has 1 aliphatic heterocycles. The van der Waals surface area contributed by atoms with Crippen LogP contribution in [0.25, 0.3) is 0 Å². The minimum atomic E-state index is -1.13. The van der Waals surface area contributed by atoms with E-state index in [4.69, 9.17) is 0 Å². The van der Waals surface area contributed by atoms with E-state index in [1.54, 1.807) is 43.0 Å². The number of nitrogens with one attached hydrogen (secondary N) is 1. The van der Waals surface area contributed by atoms with Crippen molar-refractivity contribution in [2.45, 2.75) is 40.5 Å². The minimum absolute atomic E-state index is 0.0253. The second-order valence-corrected chi connectivity index (χ2v) is 7.19. The van der Waals surface area contributed by atoms with E-state index < -0.39 is 5.41 Å². The number of carbonyl (C=O) groups excluding carboxylic acids is 3. The fraction of sp³-hybridized carbons (Fsp3) is 0.526. The lowest BCUT2D eigenvalue weighted by Crippen LogP contribution is -2.49. The maximum Gasteiger partial charge on any atom is 0.239 e. The van der Waals surface area contributed by atoms with Crippen molar-refractivity contribution in [3.05, 3.63) is 29.8 Å². The summed E-state index contributed by atoms with van der Waals surface area (Å²) in [5, 5.41) is 2.78. The first-order chi connectivity index (χ1) is 11.2. The van der Waals surface area contributed by atoms with E-state index in [1.807, 2.05) is 0 Å². The molecule has 1 aromatic carbocycles. The molecule has 0 unspecified atom stereocenters. The monoisotopic (exact) mass is 330 g/mol. The van der Waals surface area contributed by atoms with Gasteiger partial charge in [0.15, 0.2) is 5.78 Å². The van der Waals surface area contributed by atoms with Gasteiger partial charge in [0.05, 0.1) is 0 Å². The molecule has 0 atom stereocenters. The van der Waals surface area contributed by atoms with Crippen LogP contribution in [0.3, 0.4) is 0 Å². The zero-order valence-electron chi connectivity index (χ0n) is 14.9. The summed E-state index contributed by atoms with van der Waals surface area (Å²) in [7, 11) is 0. The second kappa shape index (κ2) is 7.16. The van der Waals surface area contributed by atoms with Crippen molar-refractivity contribution in [3.8, 4) is 0 Å². The fourth-order valence-electron chi connectivity index (χ4n) is 2.78. The van der Waals surface area contributed by atoms with Gasteiger partial charge in [0, 0.05) is 24.3 Å². The molecule has 1 saturated heterocycles. The van der Waals surface area contributed by atoms with Crippen molar-refractivity contribution < 1.29 is 14.4 Å². The third kappa shape index (κ3) is 4.02. The molecule has 1 aromatic rings. The topological polar surface area (TPSA) is 66.5 Å². The van der Waals surface area contributed by atoms with Gasteiger partial charge in [0.25, 0.3) is 0 Å². The lowest BCUT2D eigenvalue weighted by Gasteiger charge is -2.35. The molecule has 2 amide bonds. The molecule has 0 saturated carbocycles. The van der Waals surface area contributed by atoms with Gasteiger partial charge in [-0.15, -0.1) is 0 Å². The van der Waals surface area contributed by atoms with Crippen LogP contribution in [0.1, 0.15) is 50.9 Å². The van der Waals surface area contributed by atoms with Crippen LogP contribution in [0, 0.1) is 11.3 Å². The smallest absolute Gasteiger partial charge is 0.239 e. The standard InChI is InChI=1S/C19H26N2O3/c1-13-9-11-21(12-10-13)18(24)19(3,4)17(23)20-16-7-5-15(6-8-16)14(2)22/h5-8,13H,9-12H2,1-4H3,(H,20,23). The highest BCUT2D eigenvalue weighted by Crippen LogP contribution is 2.25. The number of Topliss-reactive ketones (excluding diaryl/α,β-unsaturated/α-hetero) is 1. The van der Waals surface area contributed by atoms with Crippen molar-refractivity contribution in [1.82, 2.24) is 4.90 Å². The molecule has 1 N–H and O–H groups in total. The molecule has 0 aromatic heterocycles. The van der Waals surface area contributed by atoms with Gasteiger partial charge in [0.2, 0.25) is 11.8 Å². The van der Waals surface area contributed by atoms with Crippen LogP contribution in [0.5, 0.6) is 0 Å². The zero-order chi connectivity index (χ0) is 17.9. The molecule has 130 valence electrons. The van der Waals surface area contributed by atoms with E-state index in [9.17, 15) is 14.4 Å². The van der Waals surface area contributed by atoms with Gasteiger partial charge >= 0.3 is 0 Å². The van der Waals surface area contributed by atoms with Crippen molar-refractivity contribution >= 4 is 23.3 Å². The Labute approximate surface area is 143 Å². The van der Waals surface area contributed by atoms with Crippen molar-refractivity contribution in [2.24, 2.45) is 11.3 Å². The average molecular weight is 330 g/mol. The third-order valence-corrected chi connectivity index (χ3v) is 4.72. The molecule has 0 radical (unpaired) electrons. The first kappa shape index (κ1) is 18.2. The van der Waals surface area contributed by atoms with Gasteiger partial charge < -0.3 is 10.2 Å². The Kier molecular flexibility index (Phi) is 5.42. The molecule has 0 spiro atoms. The first-order valence-corrected chi connectivity index (χ1v) is 8.43. The van der Waals surface area contributed by atoms with E-state index in [0.29, 0.717) is 30.3 Å². The molecule has 1 heterocycles. The largest absolute Gasteiger partial charge is 0.342 e. The quantitative estimate of drug-likeness (QED) is 0.681. The van der Waals surface area contributed by atoms with E-state index in [-0.39, 0.29) is 17.6 Å². The highest BCUT2D eigenvalue weighted by molar-refractivity contribution is 6.10. The van der Waals surface area contributed by atoms with Crippen LogP contribution in [0.2, 0.25) is 0 Å². The summed E-state index contributed by atoms with van der Waals surface area (Å²) in [6, 6.07) is 6.69. The Bertz CT molecular complexity index is 627. The Hall–Kier alpha value is -2.17. The number of piperidine rings is 1. The number of ketones is 1. The fourth-order valence-corrected chi connectivity index (χ4v) is 2.78. The molecule has 1 fully saturated rings. The summed E-state index contributed by atoms with van der Waals surface area (Å²) < 4.78 is 0. The summed E-state index contributed by atoms with van der Waals surface area (Å²) in [5.74, 6) is 0.141. The Morgan fingerprint density at radius 1 is 1.08 bits per heavy atom. The molecule has 0 bridgehead atoms. The van der Waals surface area contributed by atoms with Gasteiger partial charge in [-0.05, 0) is 63.8 Å². The summed E-state index contributed by atoms with van der Waals surface area (Å²) in [5.41, 5.74) is 0.0451. The molecule has 5 nitrogen and oxygen atoms in total. The molecule has 2 rings (SSSR count). The number of carbonyl (C=O) groups is 3. The van der Waals surface area contributed by atoms with Gasteiger partial charge in [-0.3, -0.25) is 14.4 Å².